The SMILES string of the molecule is OC1=CCC(O)(OCCOc2ccc3ccccc3c2)C=C1F. The lowest BCUT2D eigenvalue weighted by Crippen LogP contribution is -2.33. The maximum atomic E-state index is 13.3. The molecule has 1 aliphatic carbocycles. The molecular weight excluding hydrogens is 299 g/mol. The highest BCUT2D eigenvalue weighted by molar-refractivity contribution is 5.83. The van der Waals surface area contributed by atoms with Crippen molar-refractivity contribution in [3.63, 3.8) is 0 Å². The van der Waals surface area contributed by atoms with Crippen molar-refractivity contribution < 1.29 is 24.1 Å². The number of fused-ring (bicyclic) bond motifs is 1. The number of halogens is 1. The van der Waals surface area contributed by atoms with Crippen LogP contribution in [0.2, 0.25) is 0 Å². The normalized spacial score (nSPS) is 21.0. The molecule has 4 nitrogen and oxygen atoms in total. The fourth-order valence-corrected chi connectivity index (χ4v) is 2.41. The molecule has 0 spiro atoms. The van der Waals surface area contributed by atoms with E-state index in [2.05, 4.69) is 0 Å². The lowest BCUT2D eigenvalue weighted by atomic mass is 10.1. The Hall–Kier alpha value is -2.37. The van der Waals surface area contributed by atoms with Crippen molar-refractivity contribution in [2.75, 3.05) is 13.2 Å². The molecular formula is C18H17FO4. The summed E-state index contributed by atoms with van der Waals surface area (Å²) < 4.78 is 24.1. The Bertz CT molecular complexity index is 768. The Labute approximate surface area is 133 Å². The Kier molecular flexibility index (Phi) is 4.32. The predicted molar refractivity (Wildman–Crippen MR) is 84.9 cm³/mol. The lowest BCUT2D eigenvalue weighted by molar-refractivity contribution is -0.170. The summed E-state index contributed by atoms with van der Waals surface area (Å²) in [4.78, 5) is 0. The van der Waals surface area contributed by atoms with Gasteiger partial charge in [0.05, 0.1) is 6.61 Å². The van der Waals surface area contributed by atoms with E-state index < -0.39 is 17.4 Å². The molecule has 2 aromatic rings. The van der Waals surface area contributed by atoms with Crippen LogP contribution in [0, 0.1) is 0 Å². The van der Waals surface area contributed by atoms with Crippen LogP contribution in [0.4, 0.5) is 4.39 Å². The Balaban J connectivity index is 1.53. The highest BCUT2D eigenvalue weighted by atomic mass is 19.1. The molecule has 2 aromatic carbocycles. The molecule has 0 aromatic heterocycles. The number of ether oxygens (including phenoxy) is 2. The molecule has 0 saturated heterocycles. The van der Waals surface area contributed by atoms with Crippen molar-refractivity contribution in [1.29, 1.82) is 0 Å². The fraction of sp³-hybridized carbons (Fsp3) is 0.222. The molecule has 0 saturated carbocycles. The van der Waals surface area contributed by atoms with Crippen LogP contribution in [0.25, 0.3) is 10.8 Å². The molecule has 0 amide bonds. The van der Waals surface area contributed by atoms with Crippen molar-refractivity contribution >= 4 is 10.8 Å². The van der Waals surface area contributed by atoms with Gasteiger partial charge in [-0.3, -0.25) is 0 Å². The van der Waals surface area contributed by atoms with Gasteiger partial charge in [0.25, 0.3) is 0 Å². The van der Waals surface area contributed by atoms with E-state index in [0.717, 1.165) is 16.8 Å². The highest BCUT2D eigenvalue weighted by Gasteiger charge is 2.29. The zero-order valence-corrected chi connectivity index (χ0v) is 12.4. The van der Waals surface area contributed by atoms with Crippen molar-refractivity contribution in [2.24, 2.45) is 0 Å². The zero-order chi connectivity index (χ0) is 16.3. The second-order valence-electron chi connectivity index (χ2n) is 5.34. The van der Waals surface area contributed by atoms with Gasteiger partial charge in [-0.15, -0.1) is 0 Å². The molecule has 0 radical (unpaired) electrons. The minimum absolute atomic E-state index is 0.0117. The first-order chi connectivity index (χ1) is 11.1. The predicted octanol–water partition coefficient (Wildman–Crippen LogP) is 3.62. The molecule has 0 bridgehead atoms. The first kappa shape index (κ1) is 15.5. The second kappa shape index (κ2) is 6.40. The Morgan fingerprint density at radius 3 is 2.65 bits per heavy atom. The molecule has 5 heteroatoms. The van der Waals surface area contributed by atoms with Crippen LogP contribution in [-0.2, 0) is 4.74 Å². The number of hydrogen-bond acceptors (Lipinski definition) is 4. The maximum Gasteiger partial charge on any atom is 0.192 e. The number of rotatable bonds is 5. The monoisotopic (exact) mass is 316 g/mol. The summed E-state index contributed by atoms with van der Waals surface area (Å²) in [7, 11) is 0. The topological polar surface area (TPSA) is 58.9 Å². The summed E-state index contributed by atoms with van der Waals surface area (Å²) in [6, 6.07) is 13.7. The minimum Gasteiger partial charge on any atom is -0.505 e. The van der Waals surface area contributed by atoms with Crippen LogP contribution in [0.1, 0.15) is 6.42 Å². The Morgan fingerprint density at radius 2 is 1.87 bits per heavy atom. The summed E-state index contributed by atoms with van der Waals surface area (Å²) in [6.45, 7) is 0.299. The van der Waals surface area contributed by atoms with Crippen molar-refractivity contribution in [2.45, 2.75) is 12.2 Å². The molecule has 1 atom stereocenters. The summed E-state index contributed by atoms with van der Waals surface area (Å²) in [5, 5.41) is 21.4. The van der Waals surface area contributed by atoms with E-state index in [1.54, 1.807) is 0 Å². The van der Waals surface area contributed by atoms with Crippen molar-refractivity contribution in [1.82, 2.24) is 0 Å². The molecule has 3 rings (SSSR count). The van der Waals surface area contributed by atoms with Gasteiger partial charge in [-0.1, -0.05) is 30.3 Å². The fourth-order valence-electron chi connectivity index (χ4n) is 2.41. The summed E-state index contributed by atoms with van der Waals surface area (Å²) in [5.74, 6) is -2.43. The maximum absolute atomic E-state index is 13.3. The van der Waals surface area contributed by atoms with E-state index in [1.165, 1.54) is 6.08 Å². The standard InChI is InChI=1S/C18H17FO4/c19-16-12-18(21,8-7-17(16)20)23-10-9-22-15-6-5-13-3-1-2-4-14(13)11-15/h1-7,11-12,20-21H,8-10H2. The third-order valence-electron chi connectivity index (χ3n) is 3.61. The number of aliphatic hydroxyl groups excluding tert-OH is 1. The first-order valence-electron chi connectivity index (χ1n) is 7.32. The molecule has 2 N–H and O–H groups in total. The van der Waals surface area contributed by atoms with Gasteiger partial charge in [0.1, 0.15) is 18.1 Å². The number of aliphatic hydroxyl groups is 2. The zero-order valence-electron chi connectivity index (χ0n) is 12.4. The van der Waals surface area contributed by atoms with Gasteiger partial charge in [-0.2, -0.15) is 0 Å². The summed E-state index contributed by atoms with van der Waals surface area (Å²) >= 11 is 0. The number of benzene rings is 2. The Morgan fingerprint density at radius 1 is 1.09 bits per heavy atom. The minimum atomic E-state index is -1.75. The number of allylic oxidation sites excluding steroid dienone is 1. The van der Waals surface area contributed by atoms with Gasteiger partial charge in [-0.25, -0.2) is 4.39 Å². The first-order valence-corrected chi connectivity index (χ1v) is 7.32. The highest BCUT2D eigenvalue weighted by Crippen LogP contribution is 2.27. The van der Waals surface area contributed by atoms with Gasteiger partial charge < -0.3 is 19.7 Å². The van der Waals surface area contributed by atoms with E-state index in [-0.39, 0.29) is 19.6 Å². The van der Waals surface area contributed by atoms with Crippen LogP contribution in [0.5, 0.6) is 5.75 Å². The molecule has 23 heavy (non-hydrogen) atoms. The van der Waals surface area contributed by atoms with Crippen LogP contribution >= 0.6 is 0 Å². The van der Waals surface area contributed by atoms with Crippen LogP contribution in [0.3, 0.4) is 0 Å². The van der Waals surface area contributed by atoms with Gasteiger partial charge in [0.2, 0.25) is 0 Å². The van der Waals surface area contributed by atoms with Gasteiger partial charge in [-0.05, 0) is 29.0 Å². The average Bonchev–Trinajstić information content (AvgIpc) is 2.55. The average molecular weight is 316 g/mol. The third-order valence-corrected chi connectivity index (χ3v) is 3.61. The van der Waals surface area contributed by atoms with Crippen LogP contribution in [-0.4, -0.2) is 29.2 Å². The molecule has 120 valence electrons. The second-order valence-corrected chi connectivity index (χ2v) is 5.34. The van der Waals surface area contributed by atoms with Crippen molar-refractivity contribution in [3.05, 3.63) is 66.2 Å². The van der Waals surface area contributed by atoms with E-state index >= 15 is 0 Å². The van der Waals surface area contributed by atoms with E-state index in [9.17, 15) is 9.50 Å². The molecule has 0 heterocycles. The molecule has 0 aliphatic heterocycles. The van der Waals surface area contributed by atoms with Crippen LogP contribution in [0.15, 0.2) is 66.2 Å². The number of hydrogen-bond donors (Lipinski definition) is 2. The van der Waals surface area contributed by atoms with Gasteiger partial charge >= 0.3 is 0 Å². The van der Waals surface area contributed by atoms with Gasteiger partial charge in [0, 0.05) is 12.5 Å². The quantitative estimate of drug-likeness (QED) is 0.653. The molecule has 0 fully saturated rings. The van der Waals surface area contributed by atoms with E-state index in [0.29, 0.717) is 5.75 Å². The molecule has 1 unspecified atom stereocenters. The van der Waals surface area contributed by atoms with Crippen molar-refractivity contribution in [3.8, 4) is 5.75 Å². The van der Waals surface area contributed by atoms with E-state index in [1.807, 2.05) is 42.5 Å². The smallest absolute Gasteiger partial charge is 0.192 e. The summed E-state index contributed by atoms with van der Waals surface area (Å²) in [5.41, 5.74) is 0. The van der Waals surface area contributed by atoms with Crippen LogP contribution < -0.4 is 4.74 Å². The molecule has 1 aliphatic rings. The van der Waals surface area contributed by atoms with E-state index in [4.69, 9.17) is 14.6 Å². The van der Waals surface area contributed by atoms with Gasteiger partial charge in [0.15, 0.2) is 11.6 Å². The summed E-state index contributed by atoms with van der Waals surface area (Å²) in [6.07, 6.45) is 2.03. The lowest BCUT2D eigenvalue weighted by Gasteiger charge is -2.26. The largest absolute Gasteiger partial charge is 0.505 e. The third kappa shape index (κ3) is 3.70.